The number of halogens is 1. The summed E-state index contributed by atoms with van der Waals surface area (Å²) in [5.41, 5.74) is 0. The predicted octanol–water partition coefficient (Wildman–Crippen LogP) is -2.19. The Bertz CT molecular complexity index is 208. The van der Waals surface area contributed by atoms with Gasteiger partial charge in [0.1, 0.15) is 6.54 Å². The van der Waals surface area contributed by atoms with Crippen molar-refractivity contribution in [3.8, 4) is 0 Å². The average molecular weight is 271 g/mol. The molecule has 0 saturated heterocycles. The molecule has 6 heteroatoms. The number of hydrogen-bond donors (Lipinski definition) is 0. The first-order valence-electron chi connectivity index (χ1n) is 3.84. The molecule has 0 fully saturated rings. The molecule has 0 aliphatic heterocycles. The maximum Gasteiger partial charge on any atom is 0.168 e. The first-order chi connectivity index (χ1) is 6.16. The van der Waals surface area contributed by atoms with Crippen LogP contribution in [-0.2, 0) is 26.0 Å². The fourth-order valence-electron chi connectivity index (χ4n) is 0.842. The van der Waals surface area contributed by atoms with Crippen molar-refractivity contribution >= 4 is 0 Å². The van der Waals surface area contributed by atoms with Gasteiger partial charge in [-0.15, -0.1) is 0 Å². The van der Waals surface area contributed by atoms with E-state index in [1.807, 2.05) is 6.07 Å². The third kappa shape index (κ3) is 11.9. The van der Waals surface area contributed by atoms with Crippen LogP contribution < -0.4 is 18.5 Å². The van der Waals surface area contributed by atoms with E-state index in [1.165, 1.54) is 6.42 Å². The summed E-state index contributed by atoms with van der Waals surface area (Å²) in [4.78, 5) is 0. The number of hydrogen-bond acceptors (Lipinski definition) is 3. The molecule has 14 heavy (non-hydrogen) atoms. The maximum atomic E-state index is 8.41. The molecule has 1 aromatic heterocycles. The largest absolute Gasteiger partial charge is 0.357 e. The normalized spacial score (nSPS) is 8.64. The molecule has 0 spiro atoms. The number of aromatic nitrogens is 1. The molecule has 1 heterocycles. The fourth-order valence-corrected chi connectivity index (χ4v) is 0.842. The van der Waals surface area contributed by atoms with Crippen LogP contribution in [0.25, 0.3) is 0 Å². The maximum absolute atomic E-state index is 8.41. The first-order valence-corrected chi connectivity index (χ1v) is 4.76. The Morgan fingerprint density at radius 1 is 1.07 bits per heavy atom. The summed E-state index contributed by atoms with van der Waals surface area (Å²) >= 11 is 0. The molecule has 0 unspecified atom stereocenters. The Morgan fingerprint density at radius 3 is 1.86 bits per heavy atom. The van der Waals surface area contributed by atoms with Gasteiger partial charge < -0.3 is 14.0 Å². The summed E-state index contributed by atoms with van der Waals surface area (Å²) in [6, 6.07) is 6.14. The van der Waals surface area contributed by atoms with Crippen molar-refractivity contribution in [1.29, 1.82) is 0 Å². The van der Waals surface area contributed by atoms with Crippen molar-refractivity contribution in [1.82, 2.24) is 0 Å². The minimum Gasteiger partial charge on any atom is -0.357 e. The van der Waals surface area contributed by atoms with Crippen LogP contribution in [0.5, 0.6) is 0 Å². The fraction of sp³-hybridized carbons (Fsp3) is 0.375. The van der Waals surface area contributed by atoms with E-state index in [4.69, 9.17) is 14.0 Å². The zero-order valence-corrected chi connectivity index (χ0v) is 11.8. The second-order valence-corrected chi connectivity index (χ2v) is 2.68. The smallest absolute Gasteiger partial charge is 0.168 e. The molecule has 0 bridgehead atoms. The summed E-state index contributed by atoms with van der Waals surface area (Å²) in [5.74, 6) is 0. The van der Waals surface area contributed by atoms with Crippen LogP contribution in [0.15, 0.2) is 30.6 Å². The summed E-state index contributed by atoms with van der Waals surface area (Å²) in [6.07, 6.45) is 5.38. The van der Waals surface area contributed by atoms with E-state index in [1.54, 1.807) is 0 Å². The van der Waals surface area contributed by atoms with Crippen LogP contribution in [-0.4, -0.2) is 0 Å². The van der Waals surface area contributed by atoms with E-state index in [2.05, 4.69) is 36.0 Å². The van der Waals surface area contributed by atoms with E-state index in [0.717, 1.165) is 6.54 Å². The monoisotopic (exact) mass is 269 g/mol. The van der Waals surface area contributed by atoms with Gasteiger partial charge >= 0.3 is 0 Å². The van der Waals surface area contributed by atoms with Gasteiger partial charge in [-0.3, -0.25) is 0 Å². The van der Waals surface area contributed by atoms with Crippen molar-refractivity contribution in [2.45, 2.75) is 19.9 Å². The van der Waals surface area contributed by atoms with Gasteiger partial charge in [-0.05, 0) is 0 Å². The third-order valence-corrected chi connectivity index (χ3v) is 1.26. The topological polar surface area (TPSA) is 73.1 Å². The summed E-state index contributed by atoms with van der Waals surface area (Å²) < 4.78 is 27.4. The Morgan fingerprint density at radius 2 is 1.50 bits per heavy atom. The zero-order valence-electron chi connectivity index (χ0n) is 8.06. The van der Waals surface area contributed by atoms with Gasteiger partial charge in [-0.1, -0.05) is 13.0 Å². The summed E-state index contributed by atoms with van der Waals surface area (Å²) in [7, 11) is -2.85. The molecule has 76 valence electrons. The predicted molar refractivity (Wildman–Crippen MR) is 36.9 cm³/mol. The van der Waals surface area contributed by atoms with E-state index in [-0.39, 0.29) is 19.5 Å². The Hall–Kier alpha value is -0.0566. The Labute approximate surface area is 99.4 Å². The number of rotatable bonds is 2. The van der Waals surface area contributed by atoms with E-state index in [0.29, 0.717) is 0 Å². The molecular weight excluding hydrogens is 259 g/mol. The second-order valence-electron chi connectivity index (χ2n) is 2.30. The molecule has 1 rings (SSSR count). The van der Waals surface area contributed by atoms with Gasteiger partial charge in [0, 0.05) is 38.0 Å². The van der Waals surface area contributed by atoms with Gasteiger partial charge in [0.05, 0.1) is 10.8 Å². The SMILES string of the molecule is CCC[n+]1ccccc1.[O-][Cl+2]([O-])[O-].[Zn]. The molecular formula is C8H12ClNO3Zn. The van der Waals surface area contributed by atoms with Gasteiger partial charge in [-0.2, -0.15) is 0 Å². The van der Waals surface area contributed by atoms with Crippen molar-refractivity contribution in [2.75, 3.05) is 0 Å². The van der Waals surface area contributed by atoms with E-state index in [9.17, 15) is 0 Å². The van der Waals surface area contributed by atoms with Gasteiger partial charge in [-0.25, -0.2) is 4.57 Å². The van der Waals surface area contributed by atoms with Gasteiger partial charge in [0.15, 0.2) is 12.4 Å². The van der Waals surface area contributed by atoms with Crippen LogP contribution >= 0.6 is 0 Å². The summed E-state index contributed by atoms with van der Waals surface area (Å²) in [6.45, 7) is 3.31. The minimum atomic E-state index is -2.85. The molecule has 0 aliphatic rings. The molecule has 0 radical (unpaired) electrons. The first kappa shape index (κ1) is 16.4. The Balaban J connectivity index is 0. The molecule has 0 amide bonds. The molecule has 0 N–H and O–H groups in total. The Kier molecular flexibility index (Phi) is 12.9. The standard InChI is InChI=1S/C8H12N.ClO3.Zn/c1-2-6-9-7-4-3-5-8-9;2-1(3)4;/h3-5,7-8H,2,6H2,1H3;;/q+1;-1;. The molecule has 1 aromatic rings. The van der Waals surface area contributed by atoms with Crippen molar-refractivity contribution in [3.05, 3.63) is 30.6 Å². The molecule has 4 nitrogen and oxygen atoms in total. The van der Waals surface area contributed by atoms with E-state index >= 15 is 0 Å². The second kappa shape index (κ2) is 11.0. The third-order valence-electron chi connectivity index (χ3n) is 1.26. The zero-order chi connectivity index (χ0) is 10.1. The van der Waals surface area contributed by atoms with Gasteiger partial charge in [0.2, 0.25) is 0 Å². The van der Waals surface area contributed by atoms with Crippen LogP contribution in [0.2, 0.25) is 0 Å². The number of pyridine rings is 1. The number of aryl methyl sites for hydroxylation is 1. The molecule has 0 saturated carbocycles. The van der Waals surface area contributed by atoms with E-state index < -0.39 is 10.8 Å². The van der Waals surface area contributed by atoms with Crippen molar-refractivity contribution in [3.63, 3.8) is 0 Å². The van der Waals surface area contributed by atoms with Crippen LogP contribution in [0.3, 0.4) is 0 Å². The molecule has 0 aromatic carbocycles. The van der Waals surface area contributed by atoms with Crippen LogP contribution in [0, 0.1) is 10.8 Å². The minimum absolute atomic E-state index is 0. The van der Waals surface area contributed by atoms with Crippen LogP contribution in [0.1, 0.15) is 13.3 Å². The van der Waals surface area contributed by atoms with Crippen molar-refractivity contribution < 1.29 is 48.8 Å². The van der Waals surface area contributed by atoms with Crippen molar-refractivity contribution in [2.24, 2.45) is 0 Å². The molecule has 0 atom stereocenters. The average Bonchev–Trinajstić information content (AvgIpc) is 2.06. The number of nitrogens with zero attached hydrogens (tertiary/aromatic N) is 1. The quantitative estimate of drug-likeness (QED) is 0.453. The summed E-state index contributed by atoms with van der Waals surface area (Å²) in [5, 5.41) is 0. The van der Waals surface area contributed by atoms with Crippen LogP contribution in [0.4, 0.5) is 0 Å². The van der Waals surface area contributed by atoms with Gasteiger partial charge in [0.25, 0.3) is 0 Å². The molecule has 0 aliphatic carbocycles.